The standard InChI is InChI=1S/C13H14N2OS/c1-16-11-5-2-4-10(8-11)9-17-13-12(14)6-3-7-15-13/h2-8H,9,14H2,1H3. The van der Waals surface area contributed by atoms with Gasteiger partial charge < -0.3 is 10.5 Å². The zero-order valence-corrected chi connectivity index (χ0v) is 10.4. The molecule has 0 bridgehead atoms. The number of hydrogen-bond acceptors (Lipinski definition) is 4. The van der Waals surface area contributed by atoms with Gasteiger partial charge >= 0.3 is 0 Å². The monoisotopic (exact) mass is 246 g/mol. The Balaban J connectivity index is 2.05. The Bertz CT molecular complexity index is 502. The molecule has 88 valence electrons. The highest BCUT2D eigenvalue weighted by Gasteiger charge is 2.02. The van der Waals surface area contributed by atoms with Crippen LogP contribution < -0.4 is 10.5 Å². The fourth-order valence-electron chi connectivity index (χ4n) is 1.44. The van der Waals surface area contributed by atoms with Gasteiger partial charge in [-0.2, -0.15) is 0 Å². The minimum absolute atomic E-state index is 0.723. The number of nitrogens with zero attached hydrogens (tertiary/aromatic N) is 1. The molecule has 0 amide bonds. The van der Waals surface area contributed by atoms with Crippen LogP contribution in [0.3, 0.4) is 0 Å². The number of nitrogen functional groups attached to an aromatic ring is 1. The third-order valence-corrected chi connectivity index (χ3v) is 3.40. The lowest BCUT2D eigenvalue weighted by Gasteiger charge is -2.05. The first-order valence-corrected chi connectivity index (χ1v) is 6.24. The molecule has 0 atom stereocenters. The van der Waals surface area contributed by atoms with E-state index in [-0.39, 0.29) is 0 Å². The third kappa shape index (κ3) is 3.14. The van der Waals surface area contributed by atoms with Gasteiger partial charge in [-0.3, -0.25) is 0 Å². The third-order valence-electron chi connectivity index (χ3n) is 2.31. The lowest BCUT2D eigenvalue weighted by molar-refractivity contribution is 0.414. The van der Waals surface area contributed by atoms with Gasteiger partial charge in [0.2, 0.25) is 0 Å². The largest absolute Gasteiger partial charge is 0.497 e. The van der Waals surface area contributed by atoms with Crippen molar-refractivity contribution in [2.75, 3.05) is 12.8 Å². The van der Waals surface area contributed by atoms with Gasteiger partial charge in [0.25, 0.3) is 0 Å². The second-order valence-electron chi connectivity index (χ2n) is 3.54. The minimum atomic E-state index is 0.723. The van der Waals surface area contributed by atoms with Crippen LogP contribution >= 0.6 is 11.8 Å². The first-order chi connectivity index (χ1) is 8.29. The van der Waals surface area contributed by atoms with E-state index in [9.17, 15) is 0 Å². The van der Waals surface area contributed by atoms with Crippen LogP contribution in [-0.4, -0.2) is 12.1 Å². The molecule has 0 aliphatic rings. The van der Waals surface area contributed by atoms with Gasteiger partial charge in [0, 0.05) is 11.9 Å². The Morgan fingerprint density at radius 1 is 1.29 bits per heavy atom. The maximum atomic E-state index is 5.83. The second kappa shape index (κ2) is 5.59. The number of anilines is 1. The maximum absolute atomic E-state index is 5.83. The number of thioether (sulfide) groups is 1. The minimum Gasteiger partial charge on any atom is -0.497 e. The summed E-state index contributed by atoms with van der Waals surface area (Å²) in [5.74, 6) is 1.70. The van der Waals surface area contributed by atoms with Crippen LogP contribution in [0.25, 0.3) is 0 Å². The summed E-state index contributed by atoms with van der Waals surface area (Å²) in [6.07, 6.45) is 1.75. The lowest BCUT2D eigenvalue weighted by Crippen LogP contribution is -1.91. The highest BCUT2D eigenvalue weighted by atomic mass is 32.2. The normalized spacial score (nSPS) is 10.2. The van der Waals surface area contributed by atoms with Crippen molar-refractivity contribution in [1.29, 1.82) is 0 Å². The first-order valence-electron chi connectivity index (χ1n) is 5.26. The van der Waals surface area contributed by atoms with Crippen LogP contribution in [0.1, 0.15) is 5.56 Å². The lowest BCUT2D eigenvalue weighted by atomic mass is 10.2. The van der Waals surface area contributed by atoms with Crippen LogP contribution in [0, 0.1) is 0 Å². The molecule has 0 aliphatic carbocycles. The Labute approximate surface area is 105 Å². The van der Waals surface area contributed by atoms with Gasteiger partial charge in [0.05, 0.1) is 12.8 Å². The number of aromatic nitrogens is 1. The Kier molecular flexibility index (Phi) is 3.88. The van der Waals surface area contributed by atoms with Crippen LogP contribution in [0.5, 0.6) is 5.75 Å². The van der Waals surface area contributed by atoms with E-state index >= 15 is 0 Å². The Morgan fingerprint density at radius 3 is 2.94 bits per heavy atom. The predicted molar refractivity (Wildman–Crippen MR) is 71.2 cm³/mol. The maximum Gasteiger partial charge on any atom is 0.119 e. The molecule has 0 saturated carbocycles. The van der Waals surface area contributed by atoms with Crippen LogP contribution in [0.4, 0.5) is 5.69 Å². The van der Waals surface area contributed by atoms with E-state index in [4.69, 9.17) is 10.5 Å². The highest BCUT2D eigenvalue weighted by Crippen LogP contribution is 2.26. The molecule has 17 heavy (non-hydrogen) atoms. The molecule has 2 N–H and O–H groups in total. The molecule has 4 heteroatoms. The smallest absolute Gasteiger partial charge is 0.119 e. The van der Waals surface area contributed by atoms with Crippen molar-refractivity contribution in [3.8, 4) is 5.75 Å². The molecule has 0 unspecified atom stereocenters. The second-order valence-corrected chi connectivity index (χ2v) is 4.50. The molecule has 1 heterocycles. The first kappa shape index (κ1) is 11.8. The summed E-state index contributed by atoms with van der Waals surface area (Å²) in [6, 6.07) is 11.7. The summed E-state index contributed by atoms with van der Waals surface area (Å²) in [7, 11) is 1.67. The predicted octanol–water partition coefficient (Wildman–Crippen LogP) is 2.96. The molecule has 1 aromatic carbocycles. The van der Waals surface area contributed by atoms with Gasteiger partial charge in [-0.25, -0.2) is 4.98 Å². The molecular weight excluding hydrogens is 232 g/mol. The summed E-state index contributed by atoms with van der Waals surface area (Å²) in [4.78, 5) is 4.24. The Morgan fingerprint density at radius 2 is 2.18 bits per heavy atom. The molecule has 2 aromatic rings. The molecule has 2 rings (SSSR count). The van der Waals surface area contributed by atoms with Crippen molar-refractivity contribution >= 4 is 17.4 Å². The quantitative estimate of drug-likeness (QED) is 0.843. The van der Waals surface area contributed by atoms with Gasteiger partial charge in [-0.05, 0) is 29.8 Å². The van der Waals surface area contributed by atoms with Gasteiger partial charge in [-0.1, -0.05) is 23.9 Å². The zero-order chi connectivity index (χ0) is 12.1. The number of pyridine rings is 1. The number of benzene rings is 1. The summed E-state index contributed by atoms with van der Waals surface area (Å²) in [5.41, 5.74) is 7.75. The SMILES string of the molecule is COc1cccc(CSc2ncccc2N)c1. The van der Waals surface area contributed by atoms with Crippen LogP contribution in [-0.2, 0) is 5.75 Å². The van der Waals surface area contributed by atoms with Gasteiger partial charge in [0.1, 0.15) is 10.8 Å². The Hall–Kier alpha value is -1.68. The highest BCUT2D eigenvalue weighted by molar-refractivity contribution is 7.98. The van der Waals surface area contributed by atoms with Gasteiger partial charge in [0.15, 0.2) is 0 Å². The van der Waals surface area contributed by atoms with Crippen molar-refractivity contribution < 1.29 is 4.74 Å². The molecule has 0 fully saturated rings. The van der Waals surface area contributed by atoms with E-state index in [1.807, 2.05) is 30.3 Å². The number of methoxy groups -OCH3 is 1. The van der Waals surface area contributed by atoms with Crippen molar-refractivity contribution in [2.45, 2.75) is 10.8 Å². The van der Waals surface area contributed by atoms with Crippen molar-refractivity contribution in [3.05, 3.63) is 48.2 Å². The summed E-state index contributed by atoms with van der Waals surface area (Å²) in [6.45, 7) is 0. The van der Waals surface area contributed by atoms with E-state index in [0.29, 0.717) is 0 Å². The molecular formula is C13H14N2OS. The number of rotatable bonds is 4. The molecule has 0 saturated heterocycles. The molecule has 3 nitrogen and oxygen atoms in total. The van der Waals surface area contributed by atoms with E-state index in [1.165, 1.54) is 5.56 Å². The molecule has 0 radical (unpaired) electrons. The topological polar surface area (TPSA) is 48.1 Å². The van der Waals surface area contributed by atoms with E-state index < -0.39 is 0 Å². The van der Waals surface area contributed by atoms with E-state index in [1.54, 1.807) is 25.1 Å². The number of ether oxygens (including phenoxy) is 1. The summed E-state index contributed by atoms with van der Waals surface area (Å²) < 4.78 is 5.18. The van der Waals surface area contributed by atoms with Gasteiger partial charge in [-0.15, -0.1) is 0 Å². The number of hydrogen-bond donors (Lipinski definition) is 1. The fraction of sp³-hybridized carbons (Fsp3) is 0.154. The average Bonchev–Trinajstić information content (AvgIpc) is 2.38. The molecule has 0 spiro atoms. The summed E-state index contributed by atoms with van der Waals surface area (Å²) >= 11 is 1.63. The molecule has 0 aliphatic heterocycles. The zero-order valence-electron chi connectivity index (χ0n) is 9.59. The van der Waals surface area contributed by atoms with E-state index in [2.05, 4.69) is 11.1 Å². The summed E-state index contributed by atoms with van der Waals surface area (Å²) in [5, 5.41) is 0.871. The van der Waals surface area contributed by atoms with Crippen LogP contribution in [0.15, 0.2) is 47.6 Å². The van der Waals surface area contributed by atoms with Crippen molar-refractivity contribution in [3.63, 3.8) is 0 Å². The van der Waals surface area contributed by atoms with E-state index in [0.717, 1.165) is 22.2 Å². The fourth-order valence-corrected chi connectivity index (χ4v) is 2.29. The van der Waals surface area contributed by atoms with Crippen LogP contribution in [0.2, 0.25) is 0 Å². The molecule has 1 aromatic heterocycles. The van der Waals surface area contributed by atoms with Crippen molar-refractivity contribution in [1.82, 2.24) is 4.98 Å². The van der Waals surface area contributed by atoms with Crippen molar-refractivity contribution in [2.24, 2.45) is 0 Å². The average molecular weight is 246 g/mol. The number of nitrogens with two attached hydrogens (primary N) is 1.